The highest BCUT2D eigenvalue weighted by Crippen LogP contribution is 2.19. The normalized spacial score (nSPS) is 10.9. The Labute approximate surface area is 78.2 Å². The highest BCUT2D eigenvalue weighted by atomic mass is 35.5. The van der Waals surface area contributed by atoms with Crippen LogP contribution in [0, 0.1) is 0 Å². The van der Waals surface area contributed by atoms with Crippen LogP contribution >= 0.6 is 23.2 Å². The van der Waals surface area contributed by atoms with Gasteiger partial charge in [0.1, 0.15) is 5.52 Å². The van der Waals surface area contributed by atoms with E-state index in [1.54, 1.807) is 10.9 Å². The van der Waals surface area contributed by atoms with E-state index in [1.807, 2.05) is 7.05 Å². The summed E-state index contributed by atoms with van der Waals surface area (Å²) in [6.07, 6.45) is 1.61. The Morgan fingerprint density at radius 3 is 2.83 bits per heavy atom. The largest absolute Gasteiger partial charge is 0.330 e. The fourth-order valence-electron chi connectivity index (χ4n) is 0.984. The van der Waals surface area contributed by atoms with Crippen molar-refractivity contribution in [2.24, 2.45) is 7.05 Å². The predicted octanol–water partition coefficient (Wildman–Crippen LogP) is 1.67. The number of aromatic nitrogens is 4. The Morgan fingerprint density at radius 2 is 2.08 bits per heavy atom. The fourth-order valence-corrected chi connectivity index (χ4v) is 1.49. The molecule has 0 aliphatic carbocycles. The van der Waals surface area contributed by atoms with Crippen molar-refractivity contribution in [3.63, 3.8) is 0 Å². The summed E-state index contributed by atoms with van der Waals surface area (Å²) < 4.78 is 1.74. The van der Waals surface area contributed by atoms with E-state index in [9.17, 15) is 0 Å². The third-order valence-electron chi connectivity index (χ3n) is 1.50. The Kier molecular flexibility index (Phi) is 1.66. The molecule has 62 valence electrons. The van der Waals surface area contributed by atoms with Crippen LogP contribution in [0.25, 0.3) is 11.2 Å². The van der Waals surface area contributed by atoms with Crippen molar-refractivity contribution < 1.29 is 0 Å². The van der Waals surface area contributed by atoms with Crippen molar-refractivity contribution in [3.8, 4) is 0 Å². The fraction of sp³-hybridized carbons (Fsp3) is 0.167. The van der Waals surface area contributed by atoms with Gasteiger partial charge in [0.05, 0.1) is 6.33 Å². The second-order valence-electron chi connectivity index (χ2n) is 2.31. The van der Waals surface area contributed by atoms with Crippen LogP contribution in [0.15, 0.2) is 6.33 Å². The van der Waals surface area contributed by atoms with Gasteiger partial charge in [-0.25, -0.2) is 9.97 Å². The van der Waals surface area contributed by atoms with Crippen molar-refractivity contribution in [1.82, 2.24) is 19.5 Å². The van der Waals surface area contributed by atoms with Crippen LogP contribution in [0.1, 0.15) is 0 Å². The quantitative estimate of drug-likeness (QED) is 0.483. The maximum Gasteiger partial charge on any atom is 0.225 e. The van der Waals surface area contributed by atoms with Gasteiger partial charge < -0.3 is 4.57 Å². The molecule has 2 aromatic heterocycles. The van der Waals surface area contributed by atoms with Gasteiger partial charge in [0, 0.05) is 7.05 Å². The zero-order chi connectivity index (χ0) is 8.72. The molecule has 0 radical (unpaired) electrons. The molecule has 2 heterocycles. The van der Waals surface area contributed by atoms with Gasteiger partial charge >= 0.3 is 0 Å². The molecule has 4 nitrogen and oxygen atoms in total. The van der Waals surface area contributed by atoms with Crippen LogP contribution in [0.4, 0.5) is 0 Å². The van der Waals surface area contributed by atoms with Gasteiger partial charge in [0.15, 0.2) is 10.8 Å². The molecular formula is C6H4Cl2N4. The molecule has 0 aliphatic heterocycles. The topological polar surface area (TPSA) is 43.6 Å². The Hall–Kier alpha value is -0.870. The first-order valence-corrected chi connectivity index (χ1v) is 3.94. The highest BCUT2D eigenvalue weighted by Gasteiger charge is 2.08. The average molecular weight is 203 g/mol. The molecule has 0 saturated heterocycles. The molecule has 0 N–H and O–H groups in total. The first-order valence-electron chi connectivity index (χ1n) is 3.18. The number of hydrogen-bond donors (Lipinski definition) is 0. The van der Waals surface area contributed by atoms with Gasteiger partial charge in [-0.05, 0) is 11.6 Å². The second-order valence-corrected chi connectivity index (χ2v) is 3.01. The summed E-state index contributed by atoms with van der Waals surface area (Å²) in [5, 5.41) is 0.441. The second kappa shape index (κ2) is 2.57. The first-order chi connectivity index (χ1) is 5.68. The molecule has 0 unspecified atom stereocenters. The molecule has 0 amide bonds. The maximum absolute atomic E-state index is 5.81. The number of halogens is 2. The number of imidazole rings is 1. The molecular weight excluding hydrogens is 199 g/mol. The summed E-state index contributed by atoms with van der Waals surface area (Å²) in [6.45, 7) is 0. The lowest BCUT2D eigenvalue weighted by Gasteiger charge is -1.95. The molecule has 2 aromatic rings. The van der Waals surface area contributed by atoms with Crippen molar-refractivity contribution in [2.75, 3.05) is 0 Å². The number of nitrogens with zero attached hydrogens (tertiary/aromatic N) is 4. The monoisotopic (exact) mass is 202 g/mol. The van der Waals surface area contributed by atoms with Crippen LogP contribution < -0.4 is 0 Å². The minimum atomic E-state index is 0.117. The zero-order valence-electron chi connectivity index (χ0n) is 6.12. The molecule has 0 bridgehead atoms. The van der Waals surface area contributed by atoms with E-state index in [1.165, 1.54) is 0 Å². The van der Waals surface area contributed by atoms with Crippen molar-refractivity contribution in [2.45, 2.75) is 0 Å². The van der Waals surface area contributed by atoms with E-state index >= 15 is 0 Å². The third kappa shape index (κ3) is 1.04. The van der Waals surface area contributed by atoms with Gasteiger partial charge in [-0.3, -0.25) is 0 Å². The van der Waals surface area contributed by atoms with Gasteiger partial charge in [0.2, 0.25) is 5.28 Å². The molecule has 0 aliphatic rings. The van der Waals surface area contributed by atoms with Crippen LogP contribution in [-0.2, 0) is 7.05 Å². The molecule has 12 heavy (non-hydrogen) atoms. The lowest BCUT2D eigenvalue weighted by molar-refractivity contribution is 0.944. The molecule has 0 spiro atoms. The molecule has 0 aromatic carbocycles. The van der Waals surface area contributed by atoms with E-state index in [2.05, 4.69) is 15.0 Å². The zero-order valence-corrected chi connectivity index (χ0v) is 7.63. The summed E-state index contributed by atoms with van der Waals surface area (Å²) in [5.41, 5.74) is 1.21. The minimum Gasteiger partial charge on any atom is -0.330 e. The average Bonchev–Trinajstić information content (AvgIpc) is 2.31. The summed E-state index contributed by atoms with van der Waals surface area (Å²) in [6, 6.07) is 0. The highest BCUT2D eigenvalue weighted by molar-refractivity contribution is 6.35. The lowest BCUT2D eigenvalue weighted by atomic mass is 10.5. The molecule has 2 rings (SSSR count). The van der Waals surface area contributed by atoms with Crippen molar-refractivity contribution in [3.05, 3.63) is 16.8 Å². The summed E-state index contributed by atoms with van der Waals surface area (Å²) in [5.74, 6) is 0. The minimum absolute atomic E-state index is 0.117. The van der Waals surface area contributed by atoms with Gasteiger partial charge in [-0.1, -0.05) is 11.6 Å². The molecule has 0 saturated carbocycles. The van der Waals surface area contributed by atoms with E-state index in [-0.39, 0.29) is 5.28 Å². The van der Waals surface area contributed by atoms with Gasteiger partial charge in [0.25, 0.3) is 0 Å². The van der Waals surface area contributed by atoms with E-state index in [0.29, 0.717) is 16.3 Å². The van der Waals surface area contributed by atoms with Gasteiger partial charge in [-0.2, -0.15) is 4.98 Å². The maximum atomic E-state index is 5.81. The van der Waals surface area contributed by atoms with Crippen LogP contribution in [0.5, 0.6) is 0 Å². The summed E-state index contributed by atoms with van der Waals surface area (Å²) in [4.78, 5) is 11.7. The lowest BCUT2D eigenvalue weighted by Crippen LogP contribution is -1.90. The van der Waals surface area contributed by atoms with Crippen molar-refractivity contribution >= 4 is 34.4 Å². The predicted molar refractivity (Wildman–Crippen MR) is 46.3 cm³/mol. The van der Waals surface area contributed by atoms with E-state index < -0.39 is 0 Å². The summed E-state index contributed by atoms with van der Waals surface area (Å²) >= 11 is 11.4. The Balaban J connectivity index is 2.93. The SMILES string of the molecule is Cn1cnc2nc(Cl)nc(Cl)c21. The van der Waals surface area contributed by atoms with Crippen LogP contribution in [0.2, 0.25) is 10.4 Å². The van der Waals surface area contributed by atoms with Gasteiger partial charge in [-0.15, -0.1) is 0 Å². The third-order valence-corrected chi connectivity index (χ3v) is 1.93. The van der Waals surface area contributed by atoms with Crippen LogP contribution in [-0.4, -0.2) is 19.5 Å². The molecule has 0 fully saturated rings. The van der Waals surface area contributed by atoms with Crippen molar-refractivity contribution in [1.29, 1.82) is 0 Å². The van der Waals surface area contributed by atoms with E-state index in [4.69, 9.17) is 23.2 Å². The standard InChI is InChI=1S/C6H4Cl2N4/c1-12-2-9-5-3(12)4(7)10-6(8)11-5/h2H,1H3. The molecule has 6 heteroatoms. The molecule has 0 atom stereocenters. The number of aryl methyl sites for hydroxylation is 1. The number of hydrogen-bond acceptors (Lipinski definition) is 3. The van der Waals surface area contributed by atoms with Crippen LogP contribution in [0.3, 0.4) is 0 Å². The van der Waals surface area contributed by atoms with E-state index in [0.717, 1.165) is 0 Å². The number of fused-ring (bicyclic) bond motifs is 1. The summed E-state index contributed by atoms with van der Waals surface area (Å²) in [7, 11) is 1.82. The Morgan fingerprint density at radius 1 is 1.33 bits per heavy atom. The Bertz CT molecular complexity index is 436. The smallest absolute Gasteiger partial charge is 0.225 e. The first kappa shape index (κ1) is 7.76. The number of rotatable bonds is 0.